The zero-order valence-corrected chi connectivity index (χ0v) is 18.4. The van der Waals surface area contributed by atoms with E-state index in [9.17, 15) is 4.79 Å². The molecule has 3 aromatic rings. The molecule has 156 valence electrons. The van der Waals surface area contributed by atoms with Crippen molar-refractivity contribution >= 4 is 52.1 Å². The number of hydrogen-bond donors (Lipinski definition) is 2. The van der Waals surface area contributed by atoms with Gasteiger partial charge in [-0.1, -0.05) is 71.2 Å². The van der Waals surface area contributed by atoms with Crippen molar-refractivity contribution in [2.75, 3.05) is 23.8 Å². The molecule has 0 spiro atoms. The predicted molar refractivity (Wildman–Crippen MR) is 125 cm³/mol. The van der Waals surface area contributed by atoms with Gasteiger partial charge in [0.05, 0.1) is 33.9 Å². The van der Waals surface area contributed by atoms with Gasteiger partial charge < -0.3 is 15.4 Å². The van der Waals surface area contributed by atoms with Gasteiger partial charge in [0.1, 0.15) is 5.75 Å². The topological polar surface area (TPSA) is 50.4 Å². The third kappa shape index (κ3) is 6.84. The molecule has 3 rings (SSSR count). The minimum Gasteiger partial charge on any atom is -0.494 e. The van der Waals surface area contributed by atoms with Crippen LogP contribution in [0.4, 0.5) is 11.4 Å². The van der Waals surface area contributed by atoms with E-state index in [1.165, 1.54) is 17.7 Å². The number of carbonyl (C=O) groups is 1. The van der Waals surface area contributed by atoms with Crippen LogP contribution in [0, 0.1) is 0 Å². The van der Waals surface area contributed by atoms with Crippen molar-refractivity contribution in [3.05, 3.63) is 87.4 Å². The molecule has 0 aromatic heterocycles. The van der Waals surface area contributed by atoms with Gasteiger partial charge in [-0.3, -0.25) is 4.79 Å². The highest BCUT2D eigenvalue weighted by Crippen LogP contribution is 2.32. The predicted octanol–water partition coefficient (Wildman–Crippen LogP) is 6.71. The van der Waals surface area contributed by atoms with E-state index in [2.05, 4.69) is 22.8 Å². The van der Waals surface area contributed by atoms with Crippen molar-refractivity contribution in [2.45, 2.75) is 12.8 Å². The van der Waals surface area contributed by atoms with Gasteiger partial charge >= 0.3 is 0 Å². The molecule has 0 radical (unpaired) electrons. The molecule has 0 atom stereocenters. The first-order chi connectivity index (χ1) is 14.5. The smallest absolute Gasteiger partial charge is 0.243 e. The SMILES string of the molecule is O=C(CNc1cccc(OCCCc2ccccc2)c1)Nc1cc(Cl)c(Cl)cc1Cl. The Morgan fingerprint density at radius 3 is 2.43 bits per heavy atom. The summed E-state index contributed by atoms with van der Waals surface area (Å²) in [6.07, 6.45) is 1.89. The number of benzene rings is 3. The Kier molecular flexibility index (Phi) is 8.26. The van der Waals surface area contributed by atoms with Gasteiger partial charge in [0.2, 0.25) is 5.91 Å². The molecule has 7 heteroatoms. The summed E-state index contributed by atoms with van der Waals surface area (Å²) in [7, 11) is 0. The Morgan fingerprint density at radius 1 is 0.867 bits per heavy atom. The molecule has 0 heterocycles. The number of hydrogen-bond acceptors (Lipinski definition) is 3. The van der Waals surface area contributed by atoms with E-state index in [4.69, 9.17) is 39.5 Å². The fourth-order valence-electron chi connectivity index (χ4n) is 2.80. The molecule has 0 saturated heterocycles. The number of halogens is 3. The van der Waals surface area contributed by atoms with Crippen LogP contribution < -0.4 is 15.4 Å². The Hall–Kier alpha value is -2.40. The monoisotopic (exact) mass is 462 g/mol. The largest absolute Gasteiger partial charge is 0.494 e. The fraction of sp³-hybridized carbons (Fsp3) is 0.174. The summed E-state index contributed by atoms with van der Waals surface area (Å²) in [6.45, 7) is 0.683. The number of aryl methyl sites for hydroxylation is 1. The van der Waals surface area contributed by atoms with Crippen LogP contribution in [0.15, 0.2) is 66.7 Å². The van der Waals surface area contributed by atoms with Crippen molar-refractivity contribution in [3.8, 4) is 5.75 Å². The second kappa shape index (κ2) is 11.1. The van der Waals surface area contributed by atoms with Gasteiger partial charge in [-0.2, -0.15) is 0 Å². The lowest BCUT2D eigenvalue weighted by atomic mass is 10.1. The second-order valence-corrected chi connectivity index (χ2v) is 7.83. The minimum atomic E-state index is -0.260. The molecule has 4 nitrogen and oxygen atoms in total. The molecule has 0 aliphatic rings. The summed E-state index contributed by atoms with van der Waals surface area (Å²) in [5.74, 6) is 0.491. The van der Waals surface area contributed by atoms with Crippen LogP contribution in [-0.2, 0) is 11.2 Å². The van der Waals surface area contributed by atoms with E-state index in [0.717, 1.165) is 24.3 Å². The number of rotatable bonds is 9. The maximum Gasteiger partial charge on any atom is 0.243 e. The van der Waals surface area contributed by atoms with Crippen LogP contribution >= 0.6 is 34.8 Å². The van der Waals surface area contributed by atoms with Crippen LogP contribution in [0.25, 0.3) is 0 Å². The minimum absolute atomic E-state index is 0.0635. The molecule has 0 unspecified atom stereocenters. The van der Waals surface area contributed by atoms with Gasteiger partial charge in [0.15, 0.2) is 0 Å². The first-order valence-electron chi connectivity index (χ1n) is 9.46. The molecule has 3 aromatic carbocycles. The van der Waals surface area contributed by atoms with Crippen molar-refractivity contribution in [3.63, 3.8) is 0 Å². The van der Waals surface area contributed by atoms with Crippen LogP contribution in [0.1, 0.15) is 12.0 Å². The normalized spacial score (nSPS) is 10.5. The number of carbonyl (C=O) groups excluding carboxylic acids is 1. The molecule has 0 aliphatic carbocycles. The quantitative estimate of drug-likeness (QED) is 0.274. The standard InChI is InChI=1S/C23H21Cl3N2O2/c24-19-13-21(26)22(14-20(19)25)28-23(29)15-27-17-9-4-10-18(12-17)30-11-5-8-16-6-2-1-3-7-16/h1-4,6-7,9-10,12-14,27H,5,8,11,15H2,(H,28,29). The molecular formula is C23H21Cl3N2O2. The first kappa shape index (κ1) is 22.3. The van der Waals surface area contributed by atoms with E-state index >= 15 is 0 Å². The summed E-state index contributed by atoms with van der Waals surface area (Å²) >= 11 is 18.0. The number of amides is 1. The van der Waals surface area contributed by atoms with Crippen molar-refractivity contribution < 1.29 is 9.53 Å². The molecular weight excluding hydrogens is 443 g/mol. The highest BCUT2D eigenvalue weighted by atomic mass is 35.5. The maximum atomic E-state index is 12.2. The number of ether oxygens (including phenoxy) is 1. The molecule has 30 heavy (non-hydrogen) atoms. The maximum absolute atomic E-state index is 12.2. The number of nitrogens with one attached hydrogen (secondary N) is 2. The first-order valence-corrected chi connectivity index (χ1v) is 10.6. The average Bonchev–Trinajstić information content (AvgIpc) is 2.75. The fourth-order valence-corrected chi connectivity index (χ4v) is 3.40. The molecule has 0 bridgehead atoms. The van der Waals surface area contributed by atoms with Crippen LogP contribution in [0.5, 0.6) is 5.75 Å². The summed E-state index contributed by atoms with van der Waals surface area (Å²) in [5, 5.41) is 6.76. The second-order valence-electron chi connectivity index (χ2n) is 6.61. The van der Waals surface area contributed by atoms with E-state index in [-0.39, 0.29) is 12.5 Å². The highest BCUT2D eigenvalue weighted by molar-refractivity contribution is 6.44. The zero-order valence-electron chi connectivity index (χ0n) is 16.1. The highest BCUT2D eigenvalue weighted by Gasteiger charge is 2.09. The lowest BCUT2D eigenvalue weighted by molar-refractivity contribution is -0.114. The van der Waals surface area contributed by atoms with E-state index < -0.39 is 0 Å². The summed E-state index contributed by atoms with van der Waals surface area (Å²) in [6, 6.07) is 20.8. The Bertz CT molecular complexity index is 997. The van der Waals surface area contributed by atoms with Gasteiger partial charge in [0.25, 0.3) is 0 Å². The van der Waals surface area contributed by atoms with Gasteiger partial charge in [0, 0.05) is 11.8 Å². The average molecular weight is 464 g/mol. The van der Waals surface area contributed by atoms with Crippen LogP contribution in [0.2, 0.25) is 15.1 Å². The van der Waals surface area contributed by atoms with E-state index in [0.29, 0.717) is 27.4 Å². The summed E-state index contributed by atoms with van der Waals surface area (Å²) < 4.78 is 5.83. The van der Waals surface area contributed by atoms with Gasteiger partial charge in [-0.15, -0.1) is 0 Å². The third-order valence-corrected chi connectivity index (χ3v) is 5.33. The van der Waals surface area contributed by atoms with Gasteiger partial charge in [-0.05, 0) is 42.7 Å². The molecule has 1 amide bonds. The lowest BCUT2D eigenvalue weighted by Crippen LogP contribution is -2.22. The molecule has 0 aliphatic heterocycles. The Morgan fingerprint density at radius 2 is 1.63 bits per heavy atom. The van der Waals surface area contributed by atoms with E-state index in [1.807, 2.05) is 42.5 Å². The van der Waals surface area contributed by atoms with Crippen LogP contribution in [0.3, 0.4) is 0 Å². The molecule has 0 fully saturated rings. The van der Waals surface area contributed by atoms with Crippen LogP contribution in [-0.4, -0.2) is 19.1 Å². The van der Waals surface area contributed by atoms with Crippen molar-refractivity contribution in [1.82, 2.24) is 0 Å². The lowest BCUT2D eigenvalue weighted by Gasteiger charge is -2.11. The zero-order chi connectivity index (χ0) is 21.3. The Labute approximate surface area is 191 Å². The molecule has 2 N–H and O–H groups in total. The number of anilines is 2. The van der Waals surface area contributed by atoms with Crippen molar-refractivity contribution in [2.24, 2.45) is 0 Å². The van der Waals surface area contributed by atoms with Crippen molar-refractivity contribution in [1.29, 1.82) is 0 Å². The summed E-state index contributed by atoms with van der Waals surface area (Å²) in [4.78, 5) is 12.2. The van der Waals surface area contributed by atoms with E-state index in [1.54, 1.807) is 0 Å². The third-order valence-electron chi connectivity index (χ3n) is 4.29. The van der Waals surface area contributed by atoms with Gasteiger partial charge in [-0.25, -0.2) is 0 Å². The summed E-state index contributed by atoms with van der Waals surface area (Å²) in [5.41, 5.74) is 2.49. The Balaban J connectivity index is 1.45. The molecule has 0 saturated carbocycles.